The molecule has 0 amide bonds. The largest absolute Gasteiger partial charge is 0.481 e. The number of fused-ring (bicyclic) bond motifs is 1. The summed E-state index contributed by atoms with van der Waals surface area (Å²) in [6.45, 7) is 2.34. The van der Waals surface area contributed by atoms with Gasteiger partial charge in [-0.2, -0.15) is 0 Å². The smallest absolute Gasteiger partial charge is 0.303 e. The second-order valence-corrected chi connectivity index (χ2v) is 10.6. The van der Waals surface area contributed by atoms with E-state index in [1.54, 1.807) is 0 Å². The molecule has 3 aliphatic rings. The summed E-state index contributed by atoms with van der Waals surface area (Å²) < 4.78 is 0. The van der Waals surface area contributed by atoms with Crippen molar-refractivity contribution in [3.63, 3.8) is 0 Å². The van der Waals surface area contributed by atoms with Crippen LogP contribution in [0.25, 0.3) is 0 Å². The standard InChI is InChI=1S/C27H41NO7/c1-2-3-7-10-19-18(13-21(30)20(29)11-8-5-4-6-9-12-25(33)34)15-26(35)17-27(19)22(14-23(26)31)28-16-24(27)32/h3,7,14,18-20,24,28-29,32,35H,2,4-6,8-13,15-17H2,1H3,(H,33,34)/b7-3-/t18-,19-,20-,24+,26-,27?/m1/s1. The number of allylic oxidation sites excluding steroid dienone is 2. The summed E-state index contributed by atoms with van der Waals surface area (Å²) in [6, 6.07) is 0. The number of carboxylic acid groups (broad SMARTS) is 1. The molecule has 2 bridgehead atoms. The molecule has 196 valence electrons. The molecule has 35 heavy (non-hydrogen) atoms. The first-order valence-corrected chi connectivity index (χ1v) is 13.1. The van der Waals surface area contributed by atoms with Crippen LogP contribution in [0.2, 0.25) is 0 Å². The fraction of sp³-hybridized carbons (Fsp3) is 0.741. The number of hydrogen-bond donors (Lipinski definition) is 5. The zero-order valence-corrected chi connectivity index (χ0v) is 20.7. The number of carbonyl (C=O) groups is 3. The molecule has 0 aromatic rings. The summed E-state index contributed by atoms with van der Waals surface area (Å²) in [4.78, 5) is 36.3. The van der Waals surface area contributed by atoms with Crippen molar-refractivity contribution in [2.75, 3.05) is 6.54 Å². The van der Waals surface area contributed by atoms with E-state index in [1.807, 2.05) is 13.0 Å². The SMILES string of the molecule is CC/C=C\C[C@@H]1[C@H](CC(=O)[C@H](O)CCCCCCCC(=O)O)C[C@@]2(O)CC13C(=CC2=O)NC[C@@H]3O. The first-order chi connectivity index (χ1) is 16.6. The Hall–Kier alpha value is -2.03. The molecule has 5 N–H and O–H groups in total. The zero-order valence-electron chi connectivity index (χ0n) is 20.7. The molecule has 1 spiro atoms. The lowest BCUT2D eigenvalue weighted by atomic mass is 9.50. The number of ketones is 2. The fourth-order valence-electron chi connectivity index (χ4n) is 6.44. The van der Waals surface area contributed by atoms with E-state index < -0.39 is 29.2 Å². The van der Waals surface area contributed by atoms with E-state index in [9.17, 15) is 29.7 Å². The van der Waals surface area contributed by atoms with Crippen LogP contribution in [0.5, 0.6) is 0 Å². The molecule has 3 rings (SSSR count). The summed E-state index contributed by atoms with van der Waals surface area (Å²) >= 11 is 0. The quantitative estimate of drug-likeness (QED) is 0.184. The van der Waals surface area contributed by atoms with Gasteiger partial charge in [-0.25, -0.2) is 0 Å². The molecule has 8 nitrogen and oxygen atoms in total. The van der Waals surface area contributed by atoms with E-state index in [-0.39, 0.29) is 49.1 Å². The normalized spacial score (nSPS) is 32.7. The number of β-amino-alcohol motifs (C(OH)–C–C–N with tert-alkyl or cyclic N) is 1. The van der Waals surface area contributed by atoms with Crippen LogP contribution in [0.1, 0.15) is 84.0 Å². The zero-order chi connectivity index (χ0) is 25.6. The van der Waals surface area contributed by atoms with Gasteiger partial charge < -0.3 is 25.7 Å². The number of rotatable bonds is 14. The van der Waals surface area contributed by atoms with Crippen molar-refractivity contribution in [3.8, 4) is 0 Å². The Morgan fingerprint density at radius 2 is 1.91 bits per heavy atom. The number of aliphatic hydroxyl groups excluding tert-OH is 2. The van der Waals surface area contributed by atoms with E-state index in [0.29, 0.717) is 37.9 Å². The molecule has 1 saturated carbocycles. The van der Waals surface area contributed by atoms with Crippen molar-refractivity contribution < 1.29 is 34.8 Å². The molecule has 0 radical (unpaired) electrons. The molecule has 2 fully saturated rings. The van der Waals surface area contributed by atoms with E-state index in [4.69, 9.17) is 5.11 Å². The van der Waals surface area contributed by atoms with Gasteiger partial charge >= 0.3 is 5.97 Å². The fourth-order valence-corrected chi connectivity index (χ4v) is 6.44. The highest BCUT2D eigenvalue weighted by Crippen LogP contribution is 2.60. The molecule has 1 heterocycles. The summed E-state index contributed by atoms with van der Waals surface area (Å²) in [5, 5.41) is 44.7. The van der Waals surface area contributed by atoms with Crippen LogP contribution in [0.15, 0.2) is 23.9 Å². The summed E-state index contributed by atoms with van der Waals surface area (Å²) in [6.07, 6.45) is 9.83. The monoisotopic (exact) mass is 491 g/mol. The van der Waals surface area contributed by atoms with Gasteiger partial charge in [-0.15, -0.1) is 0 Å². The molecule has 6 atom stereocenters. The van der Waals surface area contributed by atoms with Crippen molar-refractivity contribution in [1.82, 2.24) is 5.32 Å². The molecular weight excluding hydrogens is 450 g/mol. The predicted molar refractivity (Wildman–Crippen MR) is 130 cm³/mol. The van der Waals surface area contributed by atoms with Gasteiger partial charge in [-0.3, -0.25) is 14.4 Å². The average molecular weight is 492 g/mol. The van der Waals surface area contributed by atoms with Gasteiger partial charge in [-0.1, -0.05) is 44.8 Å². The van der Waals surface area contributed by atoms with Crippen LogP contribution in [0, 0.1) is 17.3 Å². The minimum absolute atomic E-state index is 0.0573. The molecule has 0 aromatic heterocycles. The third-order valence-corrected chi connectivity index (χ3v) is 8.23. The third-order valence-electron chi connectivity index (χ3n) is 8.23. The number of aliphatic carboxylic acids is 1. The summed E-state index contributed by atoms with van der Waals surface area (Å²) in [5.74, 6) is -1.94. The maximum Gasteiger partial charge on any atom is 0.303 e. The predicted octanol–water partition coefficient (Wildman–Crippen LogP) is 2.65. The van der Waals surface area contributed by atoms with Gasteiger partial charge in [-0.05, 0) is 50.4 Å². The first-order valence-electron chi connectivity index (χ1n) is 13.1. The van der Waals surface area contributed by atoms with Crippen molar-refractivity contribution in [3.05, 3.63) is 23.9 Å². The molecule has 2 aliphatic carbocycles. The molecule has 1 saturated heterocycles. The van der Waals surface area contributed by atoms with Crippen molar-refractivity contribution in [2.45, 2.75) is 102 Å². The second kappa shape index (κ2) is 11.8. The van der Waals surface area contributed by atoms with Crippen molar-refractivity contribution in [2.24, 2.45) is 17.3 Å². The number of carbonyl (C=O) groups excluding carboxylic acids is 2. The molecule has 8 heteroatoms. The van der Waals surface area contributed by atoms with Crippen LogP contribution in [-0.2, 0) is 14.4 Å². The Morgan fingerprint density at radius 3 is 2.63 bits per heavy atom. The van der Waals surface area contributed by atoms with E-state index in [1.165, 1.54) is 6.08 Å². The number of Topliss-reactive ketones (excluding diaryl/α,β-unsaturated/α-hetero) is 1. The summed E-state index contributed by atoms with van der Waals surface area (Å²) in [5.41, 5.74) is -1.74. The Morgan fingerprint density at radius 1 is 1.20 bits per heavy atom. The molecular formula is C27H41NO7. The van der Waals surface area contributed by atoms with Crippen LogP contribution in [-0.4, -0.2) is 62.3 Å². The van der Waals surface area contributed by atoms with Gasteiger partial charge in [0.15, 0.2) is 11.6 Å². The highest BCUT2D eigenvalue weighted by atomic mass is 16.4. The Bertz CT molecular complexity index is 852. The summed E-state index contributed by atoms with van der Waals surface area (Å²) in [7, 11) is 0. The van der Waals surface area contributed by atoms with Crippen molar-refractivity contribution in [1.29, 1.82) is 0 Å². The highest BCUT2D eigenvalue weighted by molar-refractivity contribution is 5.99. The topological polar surface area (TPSA) is 144 Å². The Labute approximate surface area is 207 Å². The number of hydrogen-bond acceptors (Lipinski definition) is 7. The van der Waals surface area contributed by atoms with Gasteiger partial charge in [0.1, 0.15) is 11.7 Å². The molecule has 0 aromatic carbocycles. The second-order valence-electron chi connectivity index (χ2n) is 10.6. The van der Waals surface area contributed by atoms with Crippen LogP contribution in [0.4, 0.5) is 0 Å². The van der Waals surface area contributed by atoms with E-state index >= 15 is 0 Å². The number of aliphatic hydroxyl groups is 3. The van der Waals surface area contributed by atoms with Crippen LogP contribution < -0.4 is 5.32 Å². The minimum Gasteiger partial charge on any atom is -0.481 e. The average Bonchev–Trinajstić information content (AvgIpc) is 3.10. The highest BCUT2D eigenvalue weighted by Gasteiger charge is 2.64. The number of unbranched alkanes of at least 4 members (excludes halogenated alkanes) is 4. The van der Waals surface area contributed by atoms with Crippen LogP contribution >= 0.6 is 0 Å². The van der Waals surface area contributed by atoms with Crippen molar-refractivity contribution >= 4 is 17.5 Å². The van der Waals surface area contributed by atoms with Gasteiger partial charge in [0.05, 0.1) is 6.10 Å². The first kappa shape index (κ1) is 27.6. The third kappa shape index (κ3) is 6.04. The maximum atomic E-state index is 13.0. The van der Waals surface area contributed by atoms with E-state index in [0.717, 1.165) is 25.7 Å². The Kier molecular flexibility index (Phi) is 9.29. The molecule has 1 unspecified atom stereocenters. The van der Waals surface area contributed by atoms with E-state index in [2.05, 4.69) is 11.4 Å². The van der Waals surface area contributed by atoms with Gasteiger partial charge in [0.2, 0.25) is 0 Å². The van der Waals surface area contributed by atoms with Gasteiger partial charge in [0, 0.05) is 36.6 Å². The van der Waals surface area contributed by atoms with Crippen LogP contribution in [0.3, 0.4) is 0 Å². The van der Waals surface area contributed by atoms with Gasteiger partial charge in [0.25, 0.3) is 0 Å². The minimum atomic E-state index is -1.60. The Balaban J connectivity index is 1.66. The maximum absolute atomic E-state index is 13.0. The molecule has 1 aliphatic heterocycles. The lowest BCUT2D eigenvalue weighted by Gasteiger charge is -2.55. The lowest BCUT2D eigenvalue weighted by molar-refractivity contribution is -0.161. The lowest BCUT2D eigenvalue weighted by Crippen LogP contribution is -2.60. The number of carboxylic acids is 1. The number of nitrogens with one attached hydrogen (secondary N) is 1.